The molecule has 1 aliphatic heterocycles. The highest BCUT2D eigenvalue weighted by molar-refractivity contribution is 7.78. The summed E-state index contributed by atoms with van der Waals surface area (Å²) in [4.78, 5) is 50.9. The predicted octanol–water partition coefficient (Wildman–Crippen LogP) is 12.4. The molecule has 0 amide bonds. The van der Waals surface area contributed by atoms with Crippen molar-refractivity contribution in [2.45, 2.75) is 0 Å². The summed E-state index contributed by atoms with van der Waals surface area (Å²) < 4.78 is 35.5. The van der Waals surface area contributed by atoms with Crippen molar-refractivity contribution >= 4 is 41.9 Å². The molecule has 12 nitrogen and oxygen atoms in total. The van der Waals surface area contributed by atoms with Crippen LogP contribution >= 0.6 is 24.6 Å². The van der Waals surface area contributed by atoms with E-state index >= 15 is 0 Å². The topological polar surface area (TPSA) is 125 Å². The van der Waals surface area contributed by atoms with Gasteiger partial charge < -0.3 is 27.8 Å². The van der Waals surface area contributed by atoms with Gasteiger partial charge in [0.1, 0.15) is 34.5 Å². The van der Waals surface area contributed by atoms with Crippen LogP contribution in [0.25, 0.3) is 0 Å². The summed E-state index contributed by atoms with van der Waals surface area (Å²) in [6.45, 7) is 10.8. The maximum Gasteiger partial charge on any atom is 0.447 e. The van der Waals surface area contributed by atoms with Crippen molar-refractivity contribution in [3.63, 3.8) is 0 Å². The Balaban J connectivity index is 1.46. The molecule has 2 unspecified atom stereocenters. The lowest BCUT2D eigenvalue weighted by atomic mass is 10.1. The highest BCUT2D eigenvalue weighted by Gasteiger charge is 2.58. The summed E-state index contributed by atoms with van der Waals surface area (Å²) in [7, 11) is -8.79. The first-order valence-electron chi connectivity index (χ1n) is 18.2. The van der Waals surface area contributed by atoms with Crippen LogP contribution in [0.1, 0.15) is 31.1 Å². The van der Waals surface area contributed by atoms with Crippen LogP contribution in [0, 0.1) is 0 Å². The number of carbonyl (C=O) groups is 3. The minimum Gasteiger partial charge on any atom is -0.440 e. The van der Waals surface area contributed by atoms with Gasteiger partial charge in [0.15, 0.2) is 17.3 Å². The van der Waals surface area contributed by atoms with Gasteiger partial charge in [-0.3, -0.25) is 14.4 Å². The Morgan fingerprint density at radius 2 is 0.833 bits per heavy atom. The van der Waals surface area contributed by atoms with Gasteiger partial charge in [-0.25, -0.2) is 0 Å². The SMILES string of the molecule is C=CC(=O)c1ccc(ON2P(Oc3ccc(C(=O)C=C)cc3)N=P(Oc3ccccc3)(Oc3ccccc3)N(Oc3ccccc3)P2Oc2ccc(C(=O)C=C)cc2)cc1. The van der Waals surface area contributed by atoms with E-state index in [0.717, 1.165) is 0 Å². The summed E-state index contributed by atoms with van der Waals surface area (Å²) in [6, 6.07) is 46.4. The third-order valence-electron chi connectivity index (χ3n) is 8.24. The van der Waals surface area contributed by atoms with Crippen molar-refractivity contribution < 1.29 is 42.2 Å². The summed E-state index contributed by atoms with van der Waals surface area (Å²) in [5.74, 6) is 1.30. The molecule has 1 aliphatic rings. The van der Waals surface area contributed by atoms with E-state index in [1.165, 1.54) is 27.4 Å². The van der Waals surface area contributed by atoms with Crippen LogP contribution in [0.4, 0.5) is 0 Å². The van der Waals surface area contributed by atoms with Crippen LogP contribution in [0.3, 0.4) is 0 Å². The van der Waals surface area contributed by atoms with Crippen molar-refractivity contribution in [1.29, 1.82) is 0 Å². The van der Waals surface area contributed by atoms with Crippen molar-refractivity contribution in [1.82, 2.24) is 9.21 Å². The van der Waals surface area contributed by atoms with E-state index in [1.54, 1.807) is 109 Å². The second-order valence-electron chi connectivity index (χ2n) is 12.4. The fourth-order valence-corrected chi connectivity index (χ4v) is 12.8. The van der Waals surface area contributed by atoms with Crippen molar-refractivity contribution in [2.75, 3.05) is 0 Å². The summed E-state index contributed by atoms with van der Waals surface area (Å²) >= 11 is 0. The third kappa shape index (κ3) is 9.96. The number of carbonyl (C=O) groups excluding carboxylic acids is 3. The first-order valence-corrected chi connectivity index (χ1v) is 22.0. The van der Waals surface area contributed by atoms with Crippen molar-refractivity contribution in [2.24, 2.45) is 4.52 Å². The van der Waals surface area contributed by atoms with E-state index in [2.05, 4.69) is 19.7 Å². The molecule has 60 heavy (non-hydrogen) atoms. The largest absolute Gasteiger partial charge is 0.447 e. The van der Waals surface area contributed by atoms with E-state index in [-0.39, 0.29) is 23.1 Å². The van der Waals surface area contributed by atoms with E-state index < -0.39 is 24.6 Å². The van der Waals surface area contributed by atoms with Gasteiger partial charge in [-0.15, -0.1) is 4.52 Å². The maximum absolute atomic E-state index is 12.5. The van der Waals surface area contributed by atoms with Gasteiger partial charge in [0.2, 0.25) is 0 Å². The molecule has 1 heterocycles. The number of para-hydroxylation sites is 3. The van der Waals surface area contributed by atoms with Crippen LogP contribution in [-0.2, 0) is 0 Å². The summed E-state index contributed by atoms with van der Waals surface area (Å²) in [5.41, 5.74) is 1.20. The highest BCUT2D eigenvalue weighted by atomic mass is 31.3. The molecule has 0 N–H and O–H groups in total. The molecule has 0 aliphatic carbocycles. The minimum atomic E-state index is -3.99. The molecule has 0 spiro atoms. The Labute approximate surface area is 349 Å². The average molecular weight is 856 g/mol. The number of allylic oxidation sites excluding steroid dienone is 3. The Morgan fingerprint density at radius 1 is 0.467 bits per heavy atom. The first-order chi connectivity index (χ1) is 29.3. The lowest BCUT2D eigenvalue weighted by Crippen LogP contribution is -2.37. The molecule has 15 heteroatoms. The molecule has 0 bridgehead atoms. The summed E-state index contributed by atoms with van der Waals surface area (Å²) in [6.07, 6.45) is 3.68. The van der Waals surface area contributed by atoms with Crippen molar-refractivity contribution in [3.05, 3.63) is 218 Å². The zero-order chi connectivity index (χ0) is 41.9. The molecule has 0 radical (unpaired) electrons. The molecule has 6 aromatic rings. The third-order valence-corrected chi connectivity index (χ3v) is 15.1. The molecular formula is C45H36N3O9P3. The quantitative estimate of drug-likeness (QED) is 0.0466. The maximum atomic E-state index is 12.5. The Hall–Kier alpha value is -6.64. The standard InChI is InChI=1S/C45H36N3O9P3/c1-4-43(49)34-22-28-38(29-23-34)52-47-58(54-39-30-24-35(25-31-39)44(50)5-2)46-60(56-41-18-12-8-13-19-41,57-42-20-14-9-15-21-42)48(53-37-16-10-7-11-17-37)59(47)55-40-32-26-36(27-33-40)45(51)6-3/h4-33H,1-3H2. The zero-order valence-electron chi connectivity index (χ0n) is 31.8. The van der Waals surface area contributed by atoms with Crippen LogP contribution in [0.2, 0.25) is 0 Å². The molecule has 0 aromatic heterocycles. The number of rotatable bonds is 18. The number of hydrogen-bond donors (Lipinski definition) is 0. The Kier molecular flexibility index (Phi) is 13.4. The average Bonchev–Trinajstić information content (AvgIpc) is 3.29. The predicted molar refractivity (Wildman–Crippen MR) is 233 cm³/mol. The number of ketones is 3. The lowest BCUT2D eigenvalue weighted by molar-refractivity contribution is 0.0545. The Bertz CT molecular complexity index is 2480. The molecule has 2 atom stereocenters. The molecule has 7 rings (SSSR count). The highest BCUT2D eigenvalue weighted by Crippen LogP contribution is 2.77. The lowest BCUT2D eigenvalue weighted by Gasteiger charge is -2.43. The molecule has 0 saturated carbocycles. The summed E-state index contributed by atoms with van der Waals surface area (Å²) in [5, 5.41) is 0. The van der Waals surface area contributed by atoms with Gasteiger partial charge in [-0.05, 0) is 127 Å². The van der Waals surface area contributed by atoms with Crippen molar-refractivity contribution in [3.8, 4) is 34.5 Å². The second kappa shape index (κ2) is 19.4. The fourth-order valence-electron chi connectivity index (χ4n) is 5.29. The first kappa shape index (κ1) is 41.5. The molecule has 0 saturated heterocycles. The van der Waals surface area contributed by atoms with Crippen LogP contribution in [0.15, 0.2) is 206 Å². The number of benzene rings is 6. The monoisotopic (exact) mass is 855 g/mol. The van der Waals surface area contributed by atoms with Crippen LogP contribution < -0.4 is 27.8 Å². The zero-order valence-corrected chi connectivity index (χ0v) is 34.5. The van der Waals surface area contributed by atoms with E-state index in [0.29, 0.717) is 45.4 Å². The van der Waals surface area contributed by atoms with Gasteiger partial charge in [-0.2, -0.15) is 0 Å². The fraction of sp³-hybridized carbons (Fsp3) is 0. The van der Waals surface area contributed by atoms with Crippen LogP contribution in [0.5, 0.6) is 34.5 Å². The van der Waals surface area contributed by atoms with E-state index in [1.807, 2.05) is 54.6 Å². The second-order valence-corrected chi connectivity index (χ2v) is 17.9. The van der Waals surface area contributed by atoms with Gasteiger partial charge in [0.25, 0.3) is 0 Å². The Morgan fingerprint density at radius 3 is 1.25 bits per heavy atom. The van der Waals surface area contributed by atoms with Gasteiger partial charge >= 0.3 is 24.6 Å². The smallest absolute Gasteiger partial charge is 0.440 e. The molecule has 0 fully saturated rings. The molecular weight excluding hydrogens is 819 g/mol. The van der Waals surface area contributed by atoms with E-state index in [9.17, 15) is 14.4 Å². The number of hydrogen-bond acceptors (Lipinski definition) is 12. The van der Waals surface area contributed by atoms with E-state index in [4.69, 9.17) is 32.3 Å². The number of nitrogens with zero attached hydrogens (tertiary/aromatic N) is 3. The normalized spacial score (nSPS) is 15.9. The van der Waals surface area contributed by atoms with Gasteiger partial charge in [0, 0.05) is 25.9 Å². The molecule has 300 valence electrons. The van der Waals surface area contributed by atoms with Crippen LogP contribution in [-0.4, -0.2) is 26.6 Å². The van der Waals surface area contributed by atoms with Gasteiger partial charge in [-0.1, -0.05) is 74.3 Å². The minimum absolute atomic E-state index is 0.262. The molecule has 6 aromatic carbocycles. The van der Waals surface area contributed by atoms with Gasteiger partial charge in [0.05, 0.1) is 0 Å².